The maximum absolute atomic E-state index is 13.2. The lowest BCUT2D eigenvalue weighted by atomic mass is 9.86. The third kappa shape index (κ3) is 6.58. The van der Waals surface area contributed by atoms with Gasteiger partial charge in [0.05, 0.1) is 20.9 Å². The predicted octanol–water partition coefficient (Wildman–Crippen LogP) is 5.26. The minimum atomic E-state index is -3.64. The number of sulfonamides is 1. The molecule has 2 N–H and O–H groups in total. The Bertz CT molecular complexity index is 1130. The van der Waals surface area contributed by atoms with Gasteiger partial charge in [-0.25, -0.2) is 22.9 Å². The van der Waals surface area contributed by atoms with Crippen LogP contribution in [0.3, 0.4) is 0 Å². The van der Waals surface area contributed by atoms with E-state index < -0.39 is 10.0 Å². The Hall–Kier alpha value is -2.17. The second-order valence-electron chi connectivity index (χ2n) is 9.94. The van der Waals surface area contributed by atoms with Crippen molar-refractivity contribution in [1.29, 1.82) is 0 Å². The number of alkyl carbamates (subject to hydrolysis) is 1. The van der Waals surface area contributed by atoms with Crippen molar-refractivity contribution < 1.29 is 17.9 Å². The van der Waals surface area contributed by atoms with Crippen LogP contribution in [-0.2, 0) is 14.8 Å². The van der Waals surface area contributed by atoms with Crippen LogP contribution in [0.1, 0.15) is 76.6 Å². The van der Waals surface area contributed by atoms with E-state index >= 15 is 0 Å². The van der Waals surface area contributed by atoms with Gasteiger partial charge in [-0.05, 0) is 70.9 Å². The minimum absolute atomic E-state index is 0.117. The Labute approximate surface area is 218 Å². The molecule has 2 aromatic rings. The molecule has 2 aliphatic rings. The highest BCUT2D eigenvalue weighted by Crippen LogP contribution is 2.40. The largest absolute Gasteiger partial charge is 0.447 e. The van der Waals surface area contributed by atoms with Gasteiger partial charge in [-0.15, -0.1) is 11.3 Å². The van der Waals surface area contributed by atoms with E-state index in [9.17, 15) is 13.2 Å². The molecule has 2 fully saturated rings. The average molecular weight is 535 g/mol. The van der Waals surface area contributed by atoms with E-state index in [0.29, 0.717) is 22.9 Å². The topological polar surface area (TPSA) is 101 Å². The van der Waals surface area contributed by atoms with Crippen LogP contribution in [-0.4, -0.2) is 51.3 Å². The summed E-state index contributed by atoms with van der Waals surface area (Å²) in [5.41, 5.74) is 1.66. The number of nitrogens with one attached hydrogen (secondary N) is 2. The second-order valence-corrected chi connectivity index (χ2v) is 12.7. The maximum atomic E-state index is 13.2. The first kappa shape index (κ1) is 26.9. The lowest BCUT2D eigenvalue weighted by Crippen LogP contribution is -2.38. The first-order chi connectivity index (χ1) is 17.3. The molecule has 0 spiro atoms. The van der Waals surface area contributed by atoms with Crippen molar-refractivity contribution in [2.75, 3.05) is 24.5 Å². The Morgan fingerprint density at radius 2 is 1.89 bits per heavy atom. The van der Waals surface area contributed by atoms with Gasteiger partial charge in [0.1, 0.15) is 0 Å². The number of hydrogen-bond acceptors (Lipinski definition) is 7. The van der Waals surface area contributed by atoms with Gasteiger partial charge in [0, 0.05) is 49.0 Å². The Kier molecular flexibility index (Phi) is 8.90. The number of nitrogens with zero attached hydrogens (tertiary/aromatic N) is 2. The number of anilines is 1. The summed E-state index contributed by atoms with van der Waals surface area (Å²) in [6, 6.07) is 5.92. The monoisotopic (exact) mass is 534 g/mol. The number of amides is 1. The molecule has 1 saturated heterocycles. The van der Waals surface area contributed by atoms with E-state index in [2.05, 4.69) is 14.9 Å². The van der Waals surface area contributed by atoms with Crippen molar-refractivity contribution in [1.82, 2.24) is 15.0 Å². The molecule has 1 amide bonds. The van der Waals surface area contributed by atoms with Crippen molar-refractivity contribution in [3.05, 3.63) is 29.4 Å². The normalized spacial score (nSPS) is 20.9. The minimum Gasteiger partial charge on any atom is -0.447 e. The SMILES string of the molecule is CCNS(=O)(=O)c1cc(N2CCCCC2)ccc1-c1cnc(C2CCC(NC(=O)OC(C)C)CC2)s1. The molecule has 198 valence electrons. The van der Waals surface area contributed by atoms with E-state index in [1.165, 1.54) is 6.42 Å². The molecular weight excluding hydrogens is 496 g/mol. The summed E-state index contributed by atoms with van der Waals surface area (Å²) in [5.74, 6) is 0.310. The van der Waals surface area contributed by atoms with Crippen LogP contribution in [0.15, 0.2) is 29.3 Å². The van der Waals surface area contributed by atoms with E-state index in [-0.39, 0.29) is 18.2 Å². The molecule has 2 heterocycles. The summed E-state index contributed by atoms with van der Waals surface area (Å²) in [5, 5.41) is 3.99. The molecule has 4 rings (SSSR count). The predicted molar refractivity (Wildman–Crippen MR) is 144 cm³/mol. The molecule has 1 aromatic carbocycles. The summed E-state index contributed by atoms with van der Waals surface area (Å²) < 4.78 is 34.2. The molecule has 0 bridgehead atoms. The average Bonchev–Trinajstić information content (AvgIpc) is 3.34. The van der Waals surface area contributed by atoms with Crippen LogP contribution >= 0.6 is 11.3 Å². The number of ether oxygens (including phenoxy) is 1. The second kappa shape index (κ2) is 11.9. The number of carbonyl (C=O) groups is 1. The zero-order valence-electron chi connectivity index (χ0n) is 21.5. The standard InChI is InChI=1S/C26H38N4O4S2/c1-4-28-36(32,33)24-16-21(30-14-6-5-7-15-30)12-13-22(24)23-17-27-25(35-23)19-8-10-20(11-9-19)29-26(31)34-18(2)3/h12-13,16-20,28H,4-11,14-15H2,1-3H3,(H,29,31). The molecule has 10 heteroatoms. The quantitative estimate of drug-likeness (QED) is 0.479. The molecule has 0 radical (unpaired) electrons. The zero-order valence-corrected chi connectivity index (χ0v) is 23.1. The number of benzene rings is 1. The molecule has 1 aliphatic heterocycles. The van der Waals surface area contributed by atoms with Gasteiger partial charge in [-0.1, -0.05) is 13.0 Å². The van der Waals surface area contributed by atoms with Crippen LogP contribution in [0.5, 0.6) is 0 Å². The van der Waals surface area contributed by atoms with E-state index in [4.69, 9.17) is 9.72 Å². The molecule has 1 saturated carbocycles. The maximum Gasteiger partial charge on any atom is 0.407 e. The summed E-state index contributed by atoms with van der Waals surface area (Å²) in [4.78, 5) is 20.1. The smallest absolute Gasteiger partial charge is 0.407 e. The van der Waals surface area contributed by atoms with Gasteiger partial charge in [0.2, 0.25) is 10.0 Å². The fourth-order valence-corrected chi connectivity index (χ4v) is 7.52. The van der Waals surface area contributed by atoms with E-state index in [0.717, 1.165) is 67.2 Å². The number of hydrogen-bond donors (Lipinski definition) is 2. The number of carbonyl (C=O) groups excluding carboxylic acids is 1. The lowest BCUT2D eigenvalue weighted by Gasteiger charge is -2.29. The van der Waals surface area contributed by atoms with Crippen molar-refractivity contribution >= 4 is 33.1 Å². The van der Waals surface area contributed by atoms with Crippen LogP contribution in [0.4, 0.5) is 10.5 Å². The lowest BCUT2D eigenvalue weighted by molar-refractivity contribution is 0.109. The Morgan fingerprint density at radius 3 is 2.56 bits per heavy atom. The third-order valence-electron chi connectivity index (χ3n) is 6.84. The van der Waals surface area contributed by atoms with Crippen molar-refractivity contribution in [2.24, 2.45) is 0 Å². The molecular formula is C26H38N4O4S2. The van der Waals surface area contributed by atoms with E-state index in [1.54, 1.807) is 18.3 Å². The number of thiazole rings is 1. The van der Waals surface area contributed by atoms with Crippen molar-refractivity contribution in [2.45, 2.75) is 88.7 Å². The summed E-state index contributed by atoms with van der Waals surface area (Å²) in [6.45, 7) is 7.73. The number of aromatic nitrogens is 1. The summed E-state index contributed by atoms with van der Waals surface area (Å²) >= 11 is 1.58. The van der Waals surface area contributed by atoms with Crippen molar-refractivity contribution in [3.8, 4) is 10.4 Å². The van der Waals surface area contributed by atoms with Gasteiger partial charge in [0.25, 0.3) is 0 Å². The highest BCUT2D eigenvalue weighted by Gasteiger charge is 2.28. The molecule has 1 aliphatic carbocycles. The molecule has 1 aromatic heterocycles. The number of rotatable bonds is 8. The molecule has 0 atom stereocenters. The van der Waals surface area contributed by atoms with E-state index in [1.807, 2.05) is 38.2 Å². The molecule has 8 nitrogen and oxygen atoms in total. The fourth-order valence-electron chi connectivity index (χ4n) is 5.05. The number of piperidine rings is 1. The van der Waals surface area contributed by atoms with Crippen LogP contribution in [0, 0.1) is 0 Å². The van der Waals surface area contributed by atoms with Crippen LogP contribution in [0.2, 0.25) is 0 Å². The summed E-state index contributed by atoms with van der Waals surface area (Å²) in [7, 11) is -3.64. The third-order valence-corrected chi connectivity index (χ3v) is 9.62. The van der Waals surface area contributed by atoms with Gasteiger partial charge in [-0.3, -0.25) is 0 Å². The van der Waals surface area contributed by atoms with Gasteiger partial charge in [-0.2, -0.15) is 0 Å². The Morgan fingerprint density at radius 1 is 1.17 bits per heavy atom. The molecule has 0 unspecified atom stereocenters. The zero-order chi connectivity index (χ0) is 25.7. The Balaban J connectivity index is 1.51. The van der Waals surface area contributed by atoms with Crippen LogP contribution in [0.25, 0.3) is 10.4 Å². The highest BCUT2D eigenvalue weighted by molar-refractivity contribution is 7.89. The first-order valence-electron chi connectivity index (χ1n) is 13.1. The van der Waals surface area contributed by atoms with Crippen molar-refractivity contribution in [3.63, 3.8) is 0 Å². The van der Waals surface area contributed by atoms with Crippen LogP contribution < -0.4 is 14.9 Å². The highest BCUT2D eigenvalue weighted by atomic mass is 32.2. The molecule has 36 heavy (non-hydrogen) atoms. The fraction of sp³-hybridized carbons (Fsp3) is 0.615. The van der Waals surface area contributed by atoms with Gasteiger partial charge < -0.3 is 15.0 Å². The first-order valence-corrected chi connectivity index (χ1v) is 15.4. The van der Waals surface area contributed by atoms with Gasteiger partial charge >= 0.3 is 6.09 Å². The van der Waals surface area contributed by atoms with Gasteiger partial charge in [0.15, 0.2) is 0 Å². The summed E-state index contributed by atoms with van der Waals surface area (Å²) in [6.07, 6.45) is 8.41.